The number of nitrogens with zero attached hydrogens (tertiary/aromatic N) is 1. The molecule has 0 saturated heterocycles. The summed E-state index contributed by atoms with van der Waals surface area (Å²) in [6.07, 6.45) is 1.57. The van der Waals surface area contributed by atoms with Gasteiger partial charge in [0.2, 0.25) is 0 Å². The molecule has 0 unspecified atom stereocenters. The molecule has 0 spiro atoms. The molecule has 0 saturated carbocycles. The van der Waals surface area contributed by atoms with E-state index < -0.39 is 5.91 Å². The number of amides is 2. The Bertz CT molecular complexity index is 788. The first-order valence-electron chi connectivity index (χ1n) is 7.38. The van der Waals surface area contributed by atoms with E-state index in [0.717, 1.165) is 16.7 Å². The van der Waals surface area contributed by atoms with Crippen LogP contribution in [0.4, 0.5) is 0 Å². The monoisotopic (exact) mass is 343 g/mol. The Kier molecular flexibility index (Phi) is 6.09. The third kappa shape index (κ3) is 5.21. The van der Waals surface area contributed by atoms with Crippen molar-refractivity contribution >= 4 is 29.6 Å². The van der Waals surface area contributed by atoms with Crippen LogP contribution in [0.3, 0.4) is 0 Å². The summed E-state index contributed by atoms with van der Waals surface area (Å²) in [5, 5.41) is 6.87. The molecule has 2 amide bonds. The van der Waals surface area contributed by atoms with Crippen molar-refractivity contribution < 1.29 is 9.59 Å². The van der Waals surface area contributed by atoms with Gasteiger partial charge in [0.1, 0.15) is 0 Å². The highest BCUT2D eigenvalue weighted by Crippen LogP contribution is 2.10. The minimum atomic E-state index is -0.411. The van der Waals surface area contributed by atoms with E-state index in [0.29, 0.717) is 10.6 Å². The Balaban J connectivity index is 1.83. The molecule has 0 aliphatic carbocycles. The molecule has 0 atom stereocenters. The Labute approximate surface area is 145 Å². The smallest absolute Gasteiger partial charge is 0.259 e. The van der Waals surface area contributed by atoms with Crippen molar-refractivity contribution in [1.29, 1.82) is 0 Å². The second kappa shape index (κ2) is 8.26. The van der Waals surface area contributed by atoms with Crippen molar-refractivity contribution in [2.75, 3.05) is 6.54 Å². The molecule has 0 aliphatic heterocycles. The second-order valence-electron chi connectivity index (χ2n) is 5.35. The van der Waals surface area contributed by atoms with E-state index >= 15 is 0 Å². The normalized spacial score (nSPS) is 10.6. The summed E-state index contributed by atoms with van der Waals surface area (Å²) in [4.78, 5) is 23.6. The largest absolute Gasteiger partial charge is 0.343 e. The van der Waals surface area contributed by atoms with Gasteiger partial charge in [-0.2, -0.15) is 5.10 Å². The fourth-order valence-corrected chi connectivity index (χ4v) is 2.27. The minimum absolute atomic E-state index is 0.171. The van der Waals surface area contributed by atoms with E-state index in [9.17, 15) is 9.59 Å². The maximum Gasteiger partial charge on any atom is 0.259 e. The number of carbonyl (C=O) groups excluding carboxylic acids is 2. The maximum atomic E-state index is 11.9. The van der Waals surface area contributed by atoms with Gasteiger partial charge in [-0.1, -0.05) is 41.4 Å². The van der Waals surface area contributed by atoms with Crippen molar-refractivity contribution in [3.63, 3.8) is 0 Å². The first kappa shape index (κ1) is 17.7. The number of hydrogen-bond acceptors (Lipinski definition) is 3. The number of hydrogen-bond donors (Lipinski definition) is 2. The lowest BCUT2D eigenvalue weighted by Gasteiger charge is -2.05. The molecule has 0 aromatic heterocycles. The van der Waals surface area contributed by atoms with Crippen LogP contribution in [0, 0.1) is 13.8 Å². The summed E-state index contributed by atoms with van der Waals surface area (Å²) in [6.45, 7) is 3.81. The summed E-state index contributed by atoms with van der Waals surface area (Å²) in [5.74, 6) is -0.780. The number of halogens is 1. The van der Waals surface area contributed by atoms with Crippen LogP contribution in [0.1, 0.15) is 27.0 Å². The SMILES string of the molecule is Cc1ccc(C=NNC(=O)CNC(=O)c2cccc(Cl)c2)c(C)c1. The lowest BCUT2D eigenvalue weighted by Crippen LogP contribution is -2.34. The van der Waals surface area contributed by atoms with Gasteiger partial charge in [0.15, 0.2) is 0 Å². The molecule has 2 aromatic carbocycles. The fourth-order valence-electron chi connectivity index (χ4n) is 2.08. The summed E-state index contributed by atoms with van der Waals surface area (Å²) in [5.41, 5.74) is 5.93. The quantitative estimate of drug-likeness (QED) is 0.647. The number of benzene rings is 2. The van der Waals surface area contributed by atoms with Gasteiger partial charge in [-0.3, -0.25) is 9.59 Å². The fraction of sp³-hybridized carbons (Fsp3) is 0.167. The molecular formula is C18H18ClN3O2. The third-order valence-corrected chi connectivity index (χ3v) is 3.55. The predicted molar refractivity (Wildman–Crippen MR) is 95.4 cm³/mol. The van der Waals surface area contributed by atoms with E-state index in [1.54, 1.807) is 24.4 Å². The second-order valence-corrected chi connectivity index (χ2v) is 5.78. The average molecular weight is 344 g/mol. The van der Waals surface area contributed by atoms with E-state index in [1.807, 2.05) is 32.0 Å². The maximum absolute atomic E-state index is 11.9. The first-order chi connectivity index (χ1) is 11.5. The lowest BCUT2D eigenvalue weighted by atomic mass is 10.1. The van der Waals surface area contributed by atoms with Gasteiger partial charge in [0.25, 0.3) is 11.8 Å². The summed E-state index contributed by atoms with van der Waals surface area (Å²) in [6, 6.07) is 12.4. The van der Waals surface area contributed by atoms with Gasteiger partial charge < -0.3 is 5.32 Å². The van der Waals surface area contributed by atoms with Crippen LogP contribution in [-0.4, -0.2) is 24.6 Å². The summed E-state index contributed by atoms with van der Waals surface area (Å²) < 4.78 is 0. The molecule has 2 rings (SSSR count). The lowest BCUT2D eigenvalue weighted by molar-refractivity contribution is -0.120. The molecule has 0 heterocycles. The van der Waals surface area contributed by atoms with Gasteiger partial charge in [-0.05, 0) is 43.2 Å². The van der Waals surface area contributed by atoms with E-state index in [1.165, 1.54) is 6.07 Å². The van der Waals surface area contributed by atoms with E-state index in [2.05, 4.69) is 15.8 Å². The Morgan fingerprint density at radius 3 is 2.67 bits per heavy atom. The molecule has 2 N–H and O–H groups in total. The van der Waals surface area contributed by atoms with Crippen molar-refractivity contribution in [2.24, 2.45) is 5.10 Å². The van der Waals surface area contributed by atoms with Crippen LogP contribution in [0.25, 0.3) is 0 Å². The first-order valence-corrected chi connectivity index (χ1v) is 7.76. The number of carbonyl (C=O) groups is 2. The minimum Gasteiger partial charge on any atom is -0.343 e. The van der Waals surface area contributed by atoms with Gasteiger partial charge in [-0.15, -0.1) is 0 Å². The molecular weight excluding hydrogens is 326 g/mol. The molecule has 0 aliphatic rings. The zero-order valence-electron chi connectivity index (χ0n) is 13.5. The Hall–Kier alpha value is -2.66. The predicted octanol–water partition coefficient (Wildman–Crippen LogP) is 2.84. The van der Waals surface area contributed by atoms with Gasteiger partial charge in [0, 0.05) is 10.6 Å². The van der Waals surface area contributed by atoms with Gasteiger partial charge >= 0.3 is 0 Å². The molecule has 5 nitrogen and oxygen atoms in total. The summed E-state index contributed by atoms with van der Waals surface area (Å²) >= 11 is 5.82. The van der Waals surface area contributed by atoms with Gasteiger partial charge in [0.05, 0.1) is 12.8 Å². The van der Waals surface area contributed by atoms with Crippen LogP contribution < -0.4 is 10.7 Å². The average Bonchev–Trinajstić information content (AvgIpc) is 2.54. The van der Waals surface area contributed by atoms with E-state index in [4.69, 9.17) is 11.6 Å². The van der Waals surface area contributed by atoms with Crippen molar-refractivity contribution in [3.8, 4) is 0 Å². The number of rotatable bonds is 5. The number of nitrogens with one attached hydrogen (secondary N) is 2. The number of hydrazone groups is 1. The van der Waals surface area contributed by atoms with Crippen LogP contribution in [-0.2, 0) is 4.79 Å². The highest BCUT2D eigenvalue weighted by Gasteiger charge is 2.07. The standard InChI is InChI=1S/C18H18ClN3O2/c1-12-6-7-15(13(2)8-12)10-21-22-17(23)11-20-18(24)14-4-3-5-16(19)9-14/h3-10H,11H2,1-2H3,(H,20,24)(H,22,23). The van der Waals surface area contributed by atoms with Crippen LogP contribution in [0.2, 0.25) is 5.02 Å². The molecule has 2 aromatic rings. The molecule has 124 valence electrons. The molecule has 0 bridgehead atoms. The van der Waals surface area contributed by atoms with E-state index in [-0.39, 0.29) is 12.5 Å². The van der Waals surface area contributed by atoms with Crippen molar-refractivity contribution in [2.45, 2.75) is 13.8 Å². The topological polar surface area (TPSA) is 70.6 Å². The Morgan fingerprint density at radius 1 is 1.17 bits per heavy atom. The summed E-state index contributed by atoms with van der Waals surface area (Å²) in [7, 11) is 0. The number of aryl methyl sites for hydroxylation is 2. The van der Waals surface area contributed by atoms with Crippen molar-refractivity contribution in [3.05, 3.63) is 69.7 Å². The molecule has 6 heteroatoms. The zero-order chi connectivity index (χ0) is 17.5. The highest BCUT2D eigenvalue weighted by atomic mass is 35.5. The van der Waals surface area contributed by atoms with Crippen molar-refractivity contribution in [1.82, 2.24) is 10.7 Å². The molecule has 0 fully saturated rings. The highest BCUT2D eigenvalue weighted by molar-refractivity contribution is 6.30. The van der Waals surface area contributed by atoms with Gasteiger partial charge in [-0.25, -0.2) is 5.43 Å². The molecule has 0 radical (unpaired) electrons. The van der Waals surface area contributed by atoms with Crippen LogP contribution >= 0.6 is 11.6 Å². The van der Waals surface area contributed by atoms with Crippen LogP contribution in [0.5, 0.6) is 0 Å². The third-order valence-electron chi connectivity index (χ3n) is 3.31. The zero-order valence-corrected chi connectivity index (χ0v) is 14.2. The Morgan fingerprint density at radius 2 is 1.96 bits per heavy atom. The molecule has 24 heavy (non-hydrogen) atoms. The van der Waals surface area contributed by atoms with Crippen LogP contribution in [0.15, 0.2) is 47.6 Å².